The molecule has 0 amide bonds. The van der Waals surface area contributed by atoms with Crippen LogP contribution < -0.4 is 0 Å². The van der Waals surface area contributed by atoms with Gasteiger partial charge in [-0.25, -0.2) is 0 Å². The SMILES string of the molecule is C=CCC12CCCC1(OCCC(=O)OCC)OCC2. The van der Waals surface area contributed by atoms with E-state index in [1.54, 1.807) is 0 Å². The maximum Gasteiger partial charge on any atom is 0.308 e. The molecule has 1 saturated heterocycles. The molecule has 4 heteroatoms. The van der Waals surface area contributed by atoms with E-state index >= 15 is 0 Å². The van der Waals surface area contributed by atoms with E-state index in [-0.39, 0.29) is 11.4 Å². The van der Waals surface area contributed by atoms with Gasteiger partial charge in [-0.15, -0.1) is 6.58 Å². The number of rotatable bonds is 7. The molecule has 19 heavy (non-hydrogen) atoms. The molecule has 0 aromatic heterocycles. The Kier molecular flexibility index (Phi) is 4.63. The Morgan fingerprint density at radius 3 is 3.00 bits per heavy atom. The number of carbonyl (C=O) groups is 1. The standard InChI is InChI=1S/C15H24O4/c1-3-7-14-8-5-9-15(14,19-12-10-14)18-11-6-13(16)17-4-2/h3H,1,4-12H2,2H3. The van der Waals surface area contributed by atoms with Gasteiger partial charge in [0.2, 0.25) is 0 Å². The highest BCUT2D eigenvalue weighted by Crippen LogP contribution is 2.58. The van der Waals surface area contributed by atoms with Gasteiger partial charge in [0.05, 0.1) is 26.2 Å². The third-order valence-electron chi connectivity index (χ3n) is 4.37. The summed E-state index contributed by atoms with van der Waals surface area (Å²) in [4.78, 5) is 11.4. The molecule has 2 atom stereocenters. The number of hydrogen-bond donors (Lipinski definition) is 0. The maximum atomic E-state index is 11.4. The van der Waals surface area contributed by atoms with Crippen molar-refractivity contribution < 1.29 is 19.0 Å². The summed E-state index contributed by atoms with van der Waals surface area (Å²) >= 11 is 0. The summed E-state index contributed by atoms with van der Waals surface area (Å²) in [5.74, 6) is -0.697. The average molecular weight is 268 g/mol. The monoisotopic (exact) mass is 268 g/mol. The highest BCUT2D eigenvalue weighted by Gasteiger charge is 2.59. The number of esters is 1. The summed E-state index contributed by atoms with van der Waals surface area (Å²) in [6.45, 7) is 7.20. The largest absolute Gasteiger partial charge is 0.466 e. The first-order valence-corrected chi connectivity index (χ1v) is 7.22. The van der Waals surface area contributed by atoms with Crippen molar-refractivity contribution in [1.82, 2.24) is 0 Å². The average Bonchev–Trinajstić information content (AvgIpc) is 2.84. The molecular formula is C15H24O4. The van der Waals surface area contributed by atoms with Crippen LogP contribution in [0.25, 0.3) is 0 Å². The van der Waals surface area contributed by atoms with Crippen LogP contribution in [0.4, 0.5) is 0 Å². The van der Waals surface area contributed by atoms with Crippen molar-refractivity contribution in [3.63, 3.8) is 0 Å². The van der Waals surface area contributed by atoms with E-state index in [4.69, 9.17) is 14.2 Å². The van der Waals surface area contributed by atoms with E-state index in [0.29, 0.717) is 19.6 Å². The van der Waals surface area contributed by atoms with Gasteiger partial charge < -0.3 is 14.2 Å². The Hall–Kier alpha value is -0.870. The van der Waals surface area contributed by atoms with Gasteiger partial charge in [0.1, 0.15) is 0 Å². The number of carbonyl (C=O) groups excluding carboxylic acids is 1. The number of hydrogen-bond acceptors (Lipinski definition) is 4. The van der Waals surface area contributed by atoms with Crippen LogP contribution in [0, 0.1) is 5.41 Å². The minimum absolute atomic E-state index is 0.0728. The molecule has 0 spiro atoms. The summed E-state index contributed by atoms with van der Waals surface area (Å²) in [5.41, 5.74) is 0.0728. The number of fused-ring (bicyclic) bond motifs is 1. The molecule has 2 aliphatic rings. The van der Waals surface area contributed by atoms with Gasteiger partial charge >= 0.3 is 5.97 Å². The fourth-order valence-electron chi connectivity index (χ4n) is 3.50. The van der Waals surface area contributed by atoms with Crippen LogP contribution in [0.1, 0.15) is 45.4 Å². The van der Waals surface area contributed by atoms with Gasteiger partial charge in [-0.1, -0.05) is 6.08 Å². The second kappa shape index (κ2) is 6.06. The third kappa shape index (κ3) is 2.70. The van der Waals surface area contributed by atoms with Crippen molar-refractivity contribution in [1.29, 1.82) is 0 Å². The van der Waals surface area contributed by atoms with Crippen LogP contribution in [0.15, 0.2) is 12.7 Å². The van der Waals surface area contributed by atoms with Gasteiger partial charge in [-0.3, -0.25) is 4.79 Å². The van der Waals surface area contributed by atoms with Gasteiger partial charge in [0.15, 0.2) is 5.79 Å². The van der Waals surface area contributed by atoms with Crippen molar-refractivity contribution >= 4 is 5.97 Å². The summed E-state index contributed by atoms with van der Waals surface area (Å²) in [7, 11) is 0. The van der Waals surface area contributed by atoms with Gasteiger partial charge in [0.25, 0.3) is 0 Å². The molecule has 1 saturated carbocycles. The molecule has 1 aliphatic carbocycles. The molecule has 0 radical (unpaired) electrons. The molecule has 108 valence electrons. The highest BCUT2D eigenvalue weighted by molar-refractivity contribution is 5.69. The Balaban J connectivity index is 1.93. The van der Waals surface area contributed by atoms with Gasteiger partial charge in [0, 0.05) is 11.8 Å². The van der Waals surface area contributed by atoms with Crippen LogP contribution in [-0.2, 0) is 19.0 Å². The van der Waals surface area contributed by atoms with Crippen molar-refractivity contribution in [2.45, 2.75) is 51.2 Å². The van der Waals surface area contributed by atoms with Crippen molar-refractivity contribution in [3.8, 4) is 0 Å². The molecule has 4 nitrogen and oxygen atoms in total. The van der Waals surface area contributed by atoms with Crippen LogP contribution in [0.5, 0.6) is 0 Å². The normalized spacial score (nSPS) is 33.1. The minimum atomic E-state index is -0.492. The zero-order chi connectivity index (χ0) is 13.8. The molecule has 2 unspecified atom stereocenters. The van der Waals surface area contributed by atoms with Crippen LogP contribution >= 0.6 is 0 Å². The maximum absolute atomic E-state index is 11.4. The van der Waals surface area contributed by atoms with Gasteiger partial charge in [-0.2, -0.15) is 0 Å². The summed E-state index contributed by atoms with van der Waals surface area (Å²) in [6, 6.07) is 0. The van der Waals surface area contributed by atoms with E-state index in [9.17, 15) is 4.79 Å². The first-order valence-electron chi connectivity index (χ1n) is 7.22. The van der Waals surface area contributed by atoms with Crippen molar-refractivity contribution in [2.75, 3.05) is 19.8 Å². The topological polar surface area (TPSA) is 44.8 Å². The van der Waals surface area contributed by atoms with Crippen LogP contribution in [0.3, 0.4) is 0 Å². The lowest BCUT2D eigenvalue weighted by Gasteiger charge is -2.38. The van der Waals surface area contributed by atoms with E-state index < -0.39 is 5.79 Å². The first kappa shape index (κ1) is 14.5. The van der Waals surface area contributed by atoms with Crippen molar-refractivity contribution in [2.24, 2.45) is 5.41 Å². The second-order valence-electron chi connectivity index (χ2n) is 5.38. The number of allylic oxidation sites excluding steroid dienone is 1. The molecule has 1 heterocycles. The zero-order valence-electron chi connectivity index (χ0n) is 11.8. The molecule has 0 aromatic rings. The highest BCUT2D eigenvalue weighted by atomic mass is 16.7. The predicted molar refractivity (Wildman–Crippen MR) is 71.6 cm³/mol. The summed E-state index contributed by atoms with van der Waals surface area (Å²) in [5, 5.41) is 0. The Bertz CT molecular complexity index is 327. The summed E-state index contributed by atoms with van der Waals surface area (Å²) < 4.78 is 16.9. The molecule has 2 fully saturated rings. The second-order valence-corrected chi connectivity index (χ2v) is 5.38. The lowest BCUT2D eigenvalue weighted by Crippen LogP contribution is -2.43. The fraction of sp³-hybridized carbons (Fsp3) is 0.800. The van der Waals surface area contributed by atoms with Gasteiger partial charge in [-0.05, 0) is 32.6 Å². The quantitative estimate of drug-likeness (QED) is 0.526. The summed E-state index contributed by atoms with van der Waals surface area (Å²) in [6.07, 6.45) is 7.37. The van der Waals surface area contributed by atoms with Crippen LogP contribution in [-0.4, -0.2) is 31.6 Å². The third-order valence-corrected chi connectivity index (χ3v) is 4.37. The van der Waals surface area contributed by atoms with E-state index in [1.807, 2.05) is 13.0 Å². The molecule has 0 bridgehead atoms. The minimum Gasteiger partial charge on any atom is -0.466 e. The lowest BCUT2D eigenvalue weighted by molar-refractivity contribution is -0.247. The Morgan fingerprint density at radius 2 is 2.26 bits per heavy atom. The zero-order valence-corrected chi connectivity index (χ0v) is 11.8. The molecule has 0 aromatic carbocycles. The molecule has 2 rings (SSSR count). The van der Waals surface area contributed by atoms with E-state index in [0.717, 1.165) is 38.7 Å². The lowest BCUT2D eigenvalue weighted by atomic mass is 9.77. The van der Waals surface area contributed by atoms with Crippen LogP contribution in [0.2, 0.25) is 0 Å². The van der Waals surface area contributed by atoms with E-state index in [1.165, 1.54) is 0 Å². The van der Waals surface area contributed by atoms with E-state index in [2.05, 4.69) is 6.58 Å². The Morgan fingerprint density at radius 1 is 1.42 bits per heavy atom. The Labute approximate surface area is 115 Å². The van der Waals surface area contributed by atoms with Crippen molar-refractivity contribution in [3.05, 3.63) is 12.7 Å². The number of ether oxygens (including phenoxy) is 3. The molecule has 1 aliphatic heterocycles. The fourth-order valence-corrected chi connectivity index (χ4v) is 3.50. The molecule has 0 N–H and O–H groups in total. The smallest absolute Gasteiger partial charge is 0.308 e. The predicted octanol–water partition coefficient (Wildman–Crippen LogP) is 2.82. The first-order chi connectivity index (χ1) is 9.18. The molecular weight excluding hydrogens is 244 g/mol.